The largest absolute Gasteiger partial charge is 0.395 e. The zero-order valence-corrected chi connectivity index (χ0v) is 14.6. The van der Waals surface area contributed by atoms with E-state index in [-0.39, 0.29) is 30.8 Å². The van der Waals surface area contributed by atoms with Gasteiger partial charge in [0, 0.05) is 25.2 Å². The summed E-state index contributed by atoms with van der Waals surface area (Å²) < 4.78 is 0. The first-order valence-corrected chi connectivity index (χ1v) is 9.11. The van der Waals surface area contributed by atoms with E-state index in [4.69, 9.17) is 0 Å². The lowest BCUT2D eigenvalue weighted by molar-refractivity contribution is -0.157. The molecule has 0 amide bonds. The Kier molecular flexibility index (Phi) is 4.61. The molecule has 0 unspecified atom stereocenters. The van der Waals surface area contributed by atoms with Crippen molar-refractivity contribution in [2.75, 3.05) is 19.7 Å². The average molecular weight is 338 g/mol. The maximum absolute atomic E-state index is 10.4. The number of rotatable bonds is 5. The van der Waals surface area contributed by atoms with Crippen molar-refractivity contribution >= 4 is 0 Å². The summed E-state index contributed by atoms with van der Waals surface area (Å²) in [7, 11) is 0. The van der Waals surface area contributed by atoms with E-state index in [0.717, 1.165) is 13.1 Å². The highest BCUT2D eigenvalue weighted by atomic mass is 16.3. The van der Waals surface area contributed by atoms with E-state index in [0.29, 0.717) is 6.04 Å². The van der Waals surface area contributed by atoms with Gasteiger partial charge in [0.1, 0.15) is 0 Å². The summed E-state index contributed by atoms with van der Waals surface area (Å²) in [6.07, 6.45) is -0.303. The molecule has 2 fully saturated rings. The van der Waals surface area contributed by atoms with Gasteiger partial charge in [0.2, 0.25) is 0 Å². The lowest BCUT2D eigenvalue weighted by Gasteiger charge is -2.61. The van der Waals surface area contributed by atoms with Crippen LogP contribution in [0.3, 0.4) is 0 Å². The molecule has 5 atom stereocenters. The Hall–Kier alpha value is -1.72. The predicted molar refractivity (Wildman–Crippen MR) is 98.1 cm³/mol. The molecule has 4 heteroatoms. The molecule has 2 aliphatic rings. The van der Waals surface area contributed by atoms with E-state index in [2.05, 4.69) is 53.1 Å². The van der Waals surface area contributed by atoms with Crippen molar-refractivity contribution < 1.29 is 10.2 Å². The maximum Gasteiger partial charge on any atom is 0.0864 e. The van der Waals surface area contributed by atoms with Gasteiger partial charge >= 0.3 is 0 Å². The Balaban J connectivity index is 1.59. The van der Waals surface area contributed by atoms with E-state index in [9.17, 15) is 10.2 Å². The molecule has 4 rings (SSSR count). The first-order valence-electron chi connectivity index (χ1n) is 9.11. The maximum atomic E-state index is 10.4. The van der Waals surface area contributed by atoms with Gasteiger partial charge in [-0.25, -0.2) is 0 Å². The van der Waals surface area contributed by atoms with Crippen LogP contribution in [0.15, 0.2) is 60.7 Å². The molecule has 2 aromatic rings. The van der Waals surface area contributed by atoms with E-state index in [1.54, 1.807) is 0 Å². The fourth-order valence-electron chi connectivity index (χ4n) is 4.34. The van der Waals surface area contributed by atoms with Crippen LogP contribution in [0.4, 0.5) is 0 Å². The summed E-state index contributed by atoms with van der Waals surface area (Å²) in [4.78, 5) is 4.80. The van der Waals surface area contributed by atoms with Crippen molar-refractivity contribution in [1.29, 1.82) is 0 Å². The first-order chi connectivity index (χ1) is 12.2. The highest BCUT2D eigenvalue weighted by Gasteiger charge is 2.52. The molecule has 2 aliphatic heterocycles. The number of hydrogen-bond acceptors (Lipinski definition) is 4. The topological polar surface area (TPSA) is 46.9 Å². The molecule has 2 aromatic carbocycles. The molecule has 2 saturated heterocycles. The third kappa shape index (κ3) is 2.89. The Labute approximate surface area is 149 Å². The second-order valence-electron chi connectivity index (χ2n) is 7.27. The van der Waals surface area contributed by atoms with E-state index < -0.39 is 0 Å². The molecule has 0 aliphatic carbocycles. The van der Waals surface area contributed by atoms with Gasteiger partial charge in [-0.1, -0.05) is 60.7 Å². The van der Waals surface area contributed by atoms with Gasteiger partial charge in [0.05, 0.1) is 24.8 Å². The van der Waals surface area contributed by atoms with Crippen LogP contribution in [0.1, 0.15) is 30.1 Å². The highest BCUT2D eigenvalue weighted by molar-refractivity contribution is 5.29. The van der Waals surface area contributed by atoms with Crippen LogP contribution in [0, 0.1) is 0 Å². The molecule has 132 valence electrons. The van der Waals surface area contributed by atoms with Gasteiger partial charge in [0.15, 0.2) is 0 Å². The smallest absolute Gasteiger partial charge is 0.0864 e. The van der Waals surface area contributed by atoms with Gasteiger partial charge in [-0.05, 0) is 18.1 Å². The zero-order chi connectivity index (χ0) is 17.4. The summed E-state index contributed by atoms with van der Waals surface area (Å²) in [5, 5.41) is 20.0. The molecule has 0 bridgehead atoms. The van der Waals surface area contributed by atoms with Crippen molar-refractivity contribution in [3.05, 3.63) is 71.8 Å². The second kappa shape index (κ2) is 6.89. The number of likely N-dealkylation sites (tertiary alicyclic amines) is 2. The molecule has 25 heavy (non-hydrogen) atoms. The SMILES string of the molecule is C[C@@H](CO)N1C[C@@H](N2C[C@H](O)[C@@H]2c2ccccc2)[C@H]1c1ccccc1. The number of hydrogen-bond donors (Lipinski definition) is 2. The van der Waals surface area contributed by atoms with Gasteiger partial charge < -0.3 is 10.2 Å². The summed E-state index contributed by atoms with van der Waals surface area (Å²) in [6.45, 7) is 3.89. The fraction of sp³-hybridized carbons (Fsp3) is 0.429. The zero-order valence-electron chi connectivity index (χ0n) is 14.6. The first kappa shape index (κ1) is 16.7. The molecule has 2 heterocycles. The van der Waals surface area contributed by atoms with Gasteiger partial charge in [-0.3, -0.25) is 9.80 Å². The highest BCUT2D eigenvalue weighted by Crippen LogP contribution is 2.46. The molecule has 0 spiro atoms. The van der Waals surface area contributed by atoms with Gasteiger partial charge in [0.25, 0.3) is 0 Å². The van der Waals surface area contributed by atoms with Crippen LogP contribution in [-0.4, -0.2) is 57.9 Å². The predicted octanol–water partition coefficient (Wildman–Crippen LogP) is 2.21. The summed E-state index contributed by atoms with van der Waals surface area (Å²) in [6, 6.07) is 21.7. The minimum Gasteiger partial charge on any atom is -0.395 e. The van der Waals surface area contributed by atoms with E-state index in [1.165, 1.54) is 11.1 Å². The Bertz CT molecular complexity index is 694. The molecular formula is C21H26N2O2. The number of β-amino-alcohol motifs (C(OH)–C–C–N with tert-alkyl or cyclic N) is 1. The Morgan fingerprint density at radius 1 is 0.920 bits per heavy atom. The summed E-state index contributed by atoms with van der Waals surface area (Å²) >= 11 is 0. The summed E-state index contributed by atoms with van der Waals surface area (Å²) in [5.41, 5.74) is 2.47. The third-order valence-electron chi connectivity index (χ3n) is 5.78. The standard InChI is InChI=1S/C21H26N2O2/c1-15(14-24)22-12-18(20(22)16-8-4-2-5-9-16)23-13-19(25)21(23)17-10-6-3-7-11-17/h2-11,15,18-21,24-25H,12-14H2,1H3/t15-,18+,19-,20+,21-/m0/s1. The van der Waals surface area contributed by atoms with Crippen molar-refractivity contribution in [3.8, 4) is 0 Å². The quantitative estimate of drug-likeness (QED) is 0.878. The van der Waals surface area contributed by atoms with Crippen LogP contribution < -0.4 is 0 Å². The molecule has 0 aromatic heterocycles. The normalized spacial score (nSPS) is 31.2. The van der Waals surface area contributed by atoms with E-state index in [1.807, 2.05) is 24.3 Å². The molecular weight excluding hydrogens is 312 g/mol. The van der Waals surface area contributed by atoms with Crippen LogP contribution in [0.25, 0.3) is 0 Å². The minimum absolute atomic E-state index is 0.0731. The van der Waals surface area contributed by atoms with Crippen molar-refractivity contribution in [2.45, 2.75) is 37.2 Å². The number of nitrogens with zero attached hydrogens (tertiary/aromatic N) is 2. The Morgan fingerprint density at radius 2 is 1.48 bits per heavy atom. The molecule has 2 N–H and O–H groups in total. The summed E-state index contributed by atoms with van der Waals surface area (Å²) in [5.74, 6) is 0. The average Bonchev–Trinajstić information content (AvgIpc) is 2.61. The molecule has 0 radical (unpaired) electrons. The molecule has 4 nitrogen and oxygen atoms in total. The van der Waals surface area contributed by atoms with Crippen LogP contribution in [0.5, 0.6) is 0 Å². The van der Waals surface area contributed by atoms with Gasteiger partial charge in [-0.15, -0.1) is 0 Å². The van der Waals surface area contributed by atoms with Crippen molar-refractivity contribution in [2.24, 2.45) is 0 Å². The van der Waals surface area contributed by atoms with Gasteiger partial charge in [-0.2, -0.15) is 0 Å². The minimum atomic E-state index is -0.303. The number of aliphatic hydroxyl groups excluding tert-OH is 2. The lowest BCUT2D eigenvalue weighted by Crippen LogP contribution is -2.70. The second-order valence-corrected chi connectivity index (χ2v) is 7.27. The van der Waals surface area contributed by atoms with Crippen LogP contribution >= 0.6 is 0 Å². The van der Waals surface area contributed by atoms with Crippen molar-refractivity contribution in [3.63, 3.8) is 0 Å². The third-order valence-corrected chi connectivity index (χ3v) is 5.78. The van der Waals surface area contributed by atoms with Crippen molar-refractivity contribution in [1.82, 2.24) is 9.80 Å². The fourth-order valence-corrected chi connectivity index (χ4v) is 4.34. The lowest BCUT2D eigenvalue weighted by atomic mass is 9.81. The van der Waals surface area contributed by atoms with Crippen LogP contribution in [0.2, 0.25) is 0 Å². The van der Waals surface area contributed by atoms with E-state index >= 15 is 0 Å². The number of benzene rings is 2. The number of aliphatic hydroxyl groups is 2. The molecule has 0 saturated carbocycles. The van der Waals surface area contributed by atoms with Crippen LogP contribution in [-0.2, 0) is 0 Å². The Morgan fingerprint density at radius 3 is 2.00 bits per heavy atom. The monoisotopic (exact) mass is 338 g/mol.